The second kappa shape index (κ2) is 6.09. The number of hydrogen-bond donors (Lipinski definition) is 4. The van der Waals surface area contributed by atoms with Crippen LogP contribution in [0.4, 0.5) is 0 Å². The monoisotopic (exact) mass is 497 g/mol. The van der Waals surface area contributed by atoms with Crippen LogP contribution >= 0.6 is 31.9 Å². The fourth-order valence-electron chi connectivity index (χ4n) is 3.02. The van der Waals surface area contributed by atoms with Crippen molar-refractivity contribution in [2.45, 2.75) is 5.92 Å². The highest BCUT2D eigenvalue weighted by atomic mass is 79.9. The third kappa shape index (κ3) is 2.77. The molecular weight excluding hydrogens is 492 g/mol. The van der Waals surface area contributed by atoms with E-state index in [1.54, 1.807) is 12.1 Å². The van der Waals surface area contributed by atoms with Gasteiger partial charge in [0.1, 0.15) is 5.75 Å². The first kappa shape index (κ1) is 17.5. The Morgan fingerprint density at radius 3 is 2.19 bits per heavy atom. The number of fused-ring (bicyclic) bond motifs is 2. The molecule has 0 saturated carbocycles. The Balaban J connectivity index is 2.17. The van der Waals surface area contributed by atoms with Crippen LogP contribution in [0.3, 0.4) is 0 Å². The average molecular weight is 499 g/mol. The van der Waals surface area contributed by atoms with E-state index in [-0.39, 0.29) is 22.8 Å². The molecule has 10 nitrogen and oxygen atoms in total. The van der Waals surface area contributed by atoms with Crippen molar-refractivity contribution in [3.05, 3.63) is 79.4 Å². The van der Waals surface area contributed by atoms with Crippen molar-refractivity contribution in [1.29, 1.82) is 0 Å². The van der Waals surface area contributed by atoms with Gasteiger partial charge in [0.15, 0.2) is 0 Å². The zero-order chi connectivity index (χ0) is 19.5. The van der Waals surface area contributed by atoms with Crippen LogP contribution in [-0.2, 0) is 0 Å². The number of hydrogen-bond acceptors (Lipinski definition) is 6. The lowest BCUT2D eigenvalue weighted by Crippen LogP contribution is -2.35. The van der Waals surface area contributed by atoms with E-state index in [1.807, 2.05) is 9.97 Å². The molecule has 1 aliphatic heterocycles. The quantitative estimate of drug-likeness (QED) is 0.295. The molecule has 1 atom stereocenters. The highest BCUT2D eigenvalue weighted by Crippen LogP contribution is 2.48. The zero-order valence-electron chi connectivity index (χ0n) is 12.9. The van der Waals surface area contributed by atoms with E-state index in [4.69, 9.17) is 4.74 Å². The Kier molecular flexibility index (Phi) is 3.96. The Morgan fingerprint density at radius 2 is 1.52 bits per heavy atom. The van der Waals surface area contributed by atoms with Gasteiger partial charge in [-0.1, -0.05) is 15.9 Å². The van der Waals surface area contributed by atoms with E-state index < -0.39 is 34.3 Å². The lowest BCUT2D eigenvalue weighted by atomic mass is 9.85. The molecule has 0 spiro atoms. The Labute approximate surface area is 164 Å². The summed E-state index contributed by atoms with van der Waals surface area (Å²) in [6.07, 6.45) is 0. The van der Waals surface area contributed by atoms with Gasteiger partial charge in [0.2, 0.25) is 5.88 Å². The number of aromatic nitrogens is 4. The number of rotatable bonds is 1. The van der Waals surface area contributed by atoms with Crippen LogP contribution in [-0.4, -0.2) is 19.9 Å². The summed E-state index contributed by atoms with van der Waals surface area (Å²) in [6, 6.07) is 3.23. The fraction of sp³-hybridized carbons (Fsp3) is 0.0667. The van der Waals surface area contributed by atoms with Gasteiger partial charge in [-0.05, 0) is 33.9 Å². The average Bonchev–Trinajstić information content (AvgIpc) is 2.53. The third-order valence-electron chi connectivity index (χ3n) is 4.02. The van der Waals surface area contributed by atoms with Gasteiger partial charge in [-0.2, -0.15) is 0 Å². The van der Waals surface area contributed by atoms with Crippen molar-refractivity contribution in [1.82, 2.24) is 19.9 Å². The SMILES string of the molecule is O=c1[nH]c([O-])c(C2c3cc(Br)cc(Br)c3Oc3[nH]c(=O)[nH]c(=O)c32)c(=O)[nH]1. The molecule has 1 aromatic carbocycles. The molecule has 0 aliphatic carbocycles. The van der Waals surface area contributed by atoms with Gasteiger partial charge in [0.05, 0.1) is 16.0 Å². The number of aromatic amines is 4. The molecule has 3 aromatic rings. The standard InChI is InChI=1S/C15H8Br2N4O6/c16-3-1-4-6(7-10(22)18-14(25)19-11(7)23)8-12(24)20-15(26)21-13(8)27-9(4)5(17)2-3/h1-2,6H,(H2,20,21,24,26)(H3,18,19,22,23,25)/p-1. The minimum atomic E-state index is -1.19. The molecule has 12 heteroatoms. The Bertz CT molecular complexity index is 1310. The van der Waals surface area contributed by atoms with Crippen molar-refractivity contribution in [3.8, 4) is 17.5 Å². The fourth-order valence-corrected chi connectivity index (χ4v) is 4.35. The van der Waals surface area contributed by atoms with Crippen LogP contribution in [0.25, 0.3) is 0 Å². The minimum absolute atomic E-state index is 0.137. The van der Waals surface area contributed by atoms with Crippen molar-refractivity contribution in [3.63, 3.8) is 0 Å². The lowest BCUT2D eigenvalue weighted by Gasteiger charge is -2.29. The predicted octanol–water partition coefficient (Wildman–Crippen LogP) is 0.324. The highest BCUT2D eigenvalue weighted by Gasteiger charge is 2.36. The van der Waals surface area contributed by atoms with E-state index in [0.29, 0.717) is 14.5 Å². The van der Waals surface area contributed by atoms with Gasteiger partial charge >= 0.3 is 11.4 Å². The summed E-state index contributed by atoms with van der Waals surface area (Å²) in [5.41, 5.74) is -3.76. The Morgan fingerprint density at radius 1 is 0.889 bits per heavy atom. The van der Waals surface area contributed by atoms with Crippen LogP contribution in [0, 0.1) is 0 Å². The van der Waals surface area contributed by atoms with E-state index in [1.165, 1.54) is 0 Å². The maximum absolute atomic E-state index is 12.5. The van der Waals surface area contributed by atoms with Crippen molar-refractivity contribution >= 4 is 31.9 Å². The molecule has 138 valence electrons. The molecule has 1 aliphatic rings. The smallest absolute Gasteiger partial charge is 0.328 e. The largest absolute Gasteiger partial charge is 0.860 e. The first-order valence-electron chi connectivity index (χ1n) is 7.33. The number of halogens is 2. The van der Waals surface area contributed by atoms with Crippen LogP contribution in [0.1, 0.15) is 22.6 Å². The molecule has 0 saturated heterocycles. The molecule has 4 rings (SSSR count). The van der Waals surface area contributed by atoms with Gasteiger partial charge in [-0.3, -0.25) is 24.5 Å². The van der Waals surface area contributed by atoms with Crippen molar-refractivity contribution in [2.24, 2.45) is 0 Å². The summed E-state index contributed by atoms with van der Waals surface area (Å²) in [5.74, 6) is -2.13. The second-order valence-electron chi connectivity index (χ2n) is 5.64. The van der Waals surface area contributed by atoms with Gasteiger partial charge in [-0.25, -0.2) is 9.59 Å². The van der Waals surface area contributed by atoms with Crippen LogP contribution in [0.2, 0.25) is 0 Å². The van der Waals surface area contributed by atoms with E-state index in [0.717, 1.165) is 0 Å². The van der Waals surface area contributed by atoms with E-state index in [2.05, 4.69) is 41.8 Å². The Hall–Kier alpha value is -2.86. The van der Waals surface area contributed by atoms with Crippen LogP contribution < -0.4 is 32.3 Å². The van der Waals surface area contributed by atoms with Gasteiger partial charge in [-0.15, -0.1) is 0 Å². The molecule has 27 heavy (non-hydrogen) atoms. The minimum Gasteiger partial charge on any atom is -0.860 e. The topological polar surface area (TPSA) is 164 Å². The van der Waals surface area contributed by atoms with Crippen molar-refractivity contribution in [2.75, 3.05) is 0 Å². The summed E-state index contributed by atoms with van der Waals surface area (Å²) in [5, 5.41) is 12.4. The summed E-state index contributed by atoms with van der Waals surface area (Å²) >= 11 is 6.62. The molecule has 0 radical (unpaired) electrons. The number of benzene rings is 1. The lowest BCUT2D eigenvalue weighted by molar-refractivity contribution is -0.276. The molecule has 3 heterocycles. The number of ether oxygens (including phenoxy) is 1. The molecule has 0 amide bonds. The summed E-state index contributed by atoms with van der Waals surface area (Å²) in [4.78, 5) is 56.3. The maximum Gasteiger partial charge on any atom is 0.328 e. The first-order valence-corrected chi connectivity index (χ1v) is 8.91. The summed E-state index contributed by atoms with van der Waals surface area (Å²) in [6.45, 7) is 0. The second-order valence-corrected chi connectivity index (χ2v) is 7.41. The van der Waals surface area contributed by atoms with Crippen LogP contribution in [0.15, 0.2) is 40.3 Å². The van der Waals surface area contributed by atoms with Crippen molar-refractivity contribution < 1.29 is 9.84 Å². The van der Waals surface area contributed by atoms with Gasteiger partial charge in [0, 0.05) is 15.6 Å². The highest BCUT2D eigenvalue weighted by molar-refractivity contribution is 9.11. The van der Waals surface area contributed by atoms with Gasteiger partial charge < -0.3 is 14.8 Å². The molecular formula is C15H7Br2N4O6-. The first-order chi connectivity index (χ1) is 12.8. The molecule has 4 N–H and O–H groups in total. The molecule has 2 aromatic heterocycles. The molecule has 0 fully saturated rings. The summed E-state index contributed by atoms with van der Waals surface area (Å²) in [7, 11) is 0. The number of nitrogens with one attached hydrogen (secondary N) is 4. The van der Waals surface area contributed by atoms with Gasteiger partial charge in [0.25, 0.3) is 11.1 Å². The van der Waals surface area contributed by atoms with Crippen LogP contribution in [0.5, 0.6) is 17.5 Å². The normalized spacial score (nSPS) is 15.0. The van der Waals surface area contributed by atoms with E-state index >= 15 is 0 Å². The zero-order valence-corrected chi connectivity index (χ0v) is 16.1. The predicted molar refractivity (Wildman–Crippen MR) is 97.7 cm³/mol. The maximum atomic E-state index is 12.5. The summed E-state index contributed by atoms with van der Waals surface area (Å²) < 4.78 is 6.69. The molecule has 1 unspecified atom stereocenters. The molecule has 0 bridgehead atoms. The van der Waals surface area contributed by atoms with E-state index in [9.17, 15) is 24.3 Å². The number of H-pyrrole nitrogens is 4. The third-order valence-corrected chi connectivity index (χ3v) is 5.06.